The highest BCUT2D eigenvalue weighted by atomic mass is 32.1. The van der Waals surface area contributed by atoms with Gasteiger partial charge in [0.2, 0.25) is 0 Å². The molecule has 3 rings (SSSR count). The van der Waals surface area contributed by atoms with Crippen molar-refractivity contribution in [1.29, 1.82) is 0 Å². The molecule has 2 aromatic rings. The molecule has 1 heterocycles. The smallest absolute Gasteiger partial charge is 0.253 e. The molecule has 0 saturated heterocycles. The van der Waals surface area contributed by atoms with Crippen molar-refractivity contribution in [2.75, 3.05) is 20.3 Å². The number of hydrogen-bond donors (Lipinski definition) is 2. The Labute approximate surface area is 166 Å². The van der Waals surface area contributed by atoms with Crippen molar-refractivity contribution in [1.82, 2.24) is 15.2 Å². The minimum absolute atomic E-state index is 0.0303. The first-order valence-electron chi connectivity index (χ1n) is 9.75. The van der Waals surface area contributed by atoms with Crippen molar-refractivity contribution in [2.24, 2.45) is 0 Å². The van der Waals surface area contributed by atoms with Crippen molar-refractivity contribution < 1.29 is 4.74 Å². The number of aryl methyl sites for hydroxylation is 1. The third-order valence-electron chi connectivity index (χ3n) is 5.36. The molecule has 5 nitrogen and oxygen atoms in total. The lowest BCUT2D eigenvalue weighted by Crippen LogP contribution is -2.47. The Balaban J connectivity index is 1.86. The first kappa shape index (κ1) is 19.8. The highest BCUT2D eigenvalue weighted by Crippen LogP contribution is 2.24. The Morgan fingerprint density at radius 3 is 2.85 bits per heavy atom. The lowest BCUT2D eigenvalue weighted by atomic mass is 9.94. The summed E-state index contributed by atoms with van der Waals surface area (Å²) in [6, 6.07) is 8.47. The second kappa shape index (κ2) is 9.33. The zero-order chi connectivity index (χ0) is 19.2. The van der Waals surface area contributed by atoms with E-state index in [1.165, 1.54) is 19.3 Å². The summed E-state index contributed by atoms with van der Waals surface area (Å²) in [4.78, 5) is 18.0. The Morgan fingerprint density at radius 1 is 1.33 bits per heavy atom. The van der Waals surface area contributed by atoms with E-state index >= 15 is 0 Å². The molecule has 0 bridgehead atoms. The molecule has 2 N–H and O–H groups in total. The molecule has 1 fully saturated rings. The van der Waals surface area contributed by atoms with Crippen molar-refractivity contribution >= 4 is 28.2 Å². The minimum atomic E-state index is -0.0303. The topological polar surface area (TPSA) is 57.4 Å². The number of methoxy groups -OCH3 is 1. The van der Waals surface area contributed by atoms with E-state index < -0.39 is 0 Å². The second-order valence-corrected chi connectivity index (χ2v) is 7.69. The number of H-pyrrole nitrogens is 1. The predicted molar refractivity (Wildman–Crippen MR) is 114 cm³/mol. The van der Waals surface area contributed by atoms with Crippen LogP contribution in [0, 0.1) is 6.92 Å². The van der Waals surface area contributed by atoms with Crippen molar-refractivity contribution in [3.63, 3.8) is 0 Å². The number of benzene rings is 1. The number of ether oxygens (including phenoxy) is 1. The molecule has 0 spiro atoms. The van der Waals surface area contributed by atoms with Gasteiger partial charge in [0.1, 0.15) is 0 Å². The number of para-hydroxylation sites is 1. The molecule has 1 aliphatic rings. The van der Waals surface area contributed by atoms with Crippen molar-refractivity contribution in [3.05, 3.63) is 45.7 Å². The Kier molecular flexibility index (Phi) is 6.85. The van der Waals surface area contributed by atoms with Crippen LogP contribution >= 0.6 is 12.2 Å². The van der Waals surface area contributed by atoms with Crippen LogP contribution in [0.1, 0.15) is 43.2 Å². The molecular formula is C21H29N3O2S. The molecule has 0 aliphatic heterocycles. The largest absolute Gasteiger partial charge is 0.383 e. The fourth-order valence-corrected chi connectivity index (χ4v) is 4.17. The van der Waals surface area contributed by atoms with E-state index in [-0.39, 0.29) is 5.56 Å². The summed E-state index contributed by atoms with van der Waals surface area (Å²) in [5.74, 6) is 0. The van der Waals surface area contributed by atoms with Gasteiger partial charge in [-0.15, -0.1) is 0 Å². The third-order valence-corrected chi connectivity index (χ3v) is 5.74. The average molecular weight is 388 g/mol. The predicted octanol–water partition coefficient (Wildman–Crippen LogP) is 3.49. The van der Waals surface area contributed by atoms with E-state index in [9.17, 15) is 4.79 Å². The number of aromatic nitrogens is 1. The number of nitrogens with one attached hydrogen (secondary N) is 2. The van der Waals surface area contributed by atoms with Gasteiger partial charge in [-0.05, 0) is 49.0 Å². The number of thiocarbonyl (C=S) groups is 1. The quantitative estimate of drug-likeness (QED) is 0.587. The van der Waals surface area contributed by atoms with Gasteiger partial charge in [-0.1, -0.05) is 37.5 Å². The number of hydrogen-bond acceptors (Lipinski definition) is 3. The van der Waals surface area contributed by atoms with Crippen LogP contribution < -0.4 is 10.9 Å². The first-order valence-corrected chi connectivity index (χ1v) is 10.2. The number of nitrogens with zero attached hydrogens (tertiary/aromatic N) is 1. The van der Waals surface area contributed by atoms with Gasteiger partial charge in [-0.3, -0.25) is 4.79 Å². The molecule has 1 saturated carbocycles. The van der Waals surface area contributed by atoms with Crippen LogP contribution in [0.15, 0.2) is 29.1 Å². The summed E-state index contributed by atoms with van der Waals surface area (Å²) in [5, 5.41) is 5.06. The van der Waals surface area contributed by atoms with Crippen LogP contribution in [0.3, 0.4) is 0 Å². The Hall–Kier alpha value is -1.92. The zero-order valence-electron chi connectivity index (χ0n) is 16.2. The number of aromatic amines is 1. The average Bonchev–Trinajstić information content (AvgIpc) is 2.68. The third kappa shape index (κ3) is 4.87. The monoisotopic (exact) mass is 387 g/mol. The Morgan fingerprint density at radius 2 is 2.11 bits per heavy atom. The highest BCUT2D eigenvalue weighted by Gasteiger charge is 2.24. The summed E-state index contributed by atoms with van der Waals surface area (Å²) >= 11 is 5.68. The highest BCUT2D eigenvalue weighted by molar-refractivity contribution is 7.80. The first-order chi connectivity index (χ1) is 13.1. The lowest BCUT2D eigenvalue weighted by molar-refractivity contribution is 0.199. The van der Waals surface area contributed by atoms with Crippen molar-refractivity contribution in [3.8, 4) is 0 Å². The molecular weight excluding hydrogens is 358 g/mol. The van der Waals surface area contributed by atoms with E-state index in [0.29, 0.717) is 30.9 Å². The molecule has 0 amide bonds. The van der Waals surface area contributed by atoms with Gasteiger partial charge in [-0.2, -0.15) is 0 Å². The molecule has 1 aromatic heterocycles. The van der Waals surface area contributed by atoms with Gasteiger partial charge in [0.25, 0.3) is 5.56 Å². The number of rotatable bonds is 6. The van der Waals surface area contributed by atoms with Crippen LogP contribution in [-0.2, 0) is 11.3 Å². The van der Waals surface area contributed by atoms with E-state index in [1.807, 2.05) is 31.2 Å². The Bertz CT molecular complexity index is 843. The van der Waals surface area contributed by atoms with Gasteiger partial charge >= 0.3 is 0 Å². The fourth-order valence-electron chi connectivity index (χ4n) is 3.85. The van der Waals surface area contributed by atoms with Gasteiger partial charge in [0.15, 0.2) is 5.11 Å². The lowest BCUT2D eigenvalue weighted by Gasteiger charge is -2.36. The van der Waals surface area contributed by atoms with Gasteiger partial charge < -0.3 is 19.9 Å². The second-order valence-electron chi connectivity index (χ2n) is 7.31. The SMILES string of the molecule is COCCNC(=S)N(Cc1cc2cccc(C)c2[nH]c1=O)C1CCCCC1. The molecule has 1 aliphatic carbocycles. The number of pyridine rings is 1. The molecule has 0 atom stereocenters. The van der Waals surface area contributed by atoms with Crippen molar-refractivity contribution in [2.45, 2.75) is 51.6 Å². The summed E-state index contributed by atoms with van der Waals surface area (Å²) in [5.41, 5.74) is 2.72. The normalized spacial score (nSPS) is 15.0. The van der Waals surface area contributed by atoms with E-state index in [0.717, 1.165) is 34.9 Å². The standard InChI is InChI=1S/C21H29N3O2S/c1-15-7-6-8-16-13-17(20(25)23-19(15)16)14-24(18-9-4-3-5-10-18)21(27)22-11-12-26-2/h6-8,13,18H,3-5,9-12,14H2,1-2H3,(H,22,27)(H,23,25). The molecule has 6 heteroatoms. The molecule has 1 aromatic carbocycles. The van der Waals surface area contributed by atoms with Gasteiger partial charge in [0, 0.05) is 25.3 Å². The molecule has 0 unspecified atom stereocenters. The van der Waals surface area contributed by atoms with Crippen LogP contribution in [0.5, 0.6) is 0 Å². The fraction of sp³-hybridized carbons (Fsp3) is 0.524. The van der Waals surface area contributed by atoms with Crippen LogP contribution in [0.2, 0.25) is 0 Å². The summed E-state index contributed by atoms with van der Waals surface area (Å²) < 4.78 is 5.12. The van der Waals surface area contributed by atoms with Crippen LogP contribution in [0.4, 0.5) is 0 Å². The summed E-state index contributed by atoms with van der Waals surface area (Å²) in [6.45, 7) is 3.82. The molecule has 27 heavy (non-hydrogen) atoms. The van der Waals surface area contributed by atoms with Gasteiger partial charge in [0.05, 0.1) is 18.7 Å². The van der Waals surface area contributed by atoms with E-state index in [1.54, 1.807) is 7.11 Å². The summed E-state index contributed by atoms with van der Waals surface area (Å²) in [6.07, 6.45) is 5.96. The molecule has 0 radical (unpaired) electrons. The van der Waals surface area contributed by atoms with Crippen LogP contribution in [-0.4, -0.2) is 41.3 Å². The number of fused-ring (bicyclic) bond motifs is 1. The van der Waals surface area contributed by atoms with Crippen LogP contribution in [0.25, 0.3) is 10.9 Å². The van der Waals surface area contributed by atoms with E-state index in [4.69, 9.17) is 17.0 Å². The maximum Gasteiger partial charge on any atom is 0.253 e. The minimum Gasteiger partial charge on any atom is -0.383 e. The zero-order valence-corrected chi connectivity index (χ0v) is 17.0. The summed E-state index contributed by atoms with van der Waals surface area (Å²) in [7, 11) is 1.68. The van der Waals surface area contributed by atoms with E-state index in [2.05, 4.69) is 15.2 Å². The maximum atomic E-state index is 12.7. The van der Waals surface area contributed by atoms with Gasteiger partial charge in [-0.25, -0.2) is 0 Å². The maximum absolute atomic E-state index is 12.7. The molecule has 146 valence electrons.